The molecule has 0 atom stereocenters. The van der Waals surface area contributed by atoms with Crippen molar-refractivity contribution in [2.75, 3.05) is 11.5 Å². The number of thioether (sulfide) groups is 1. The smallest absolute Gasteiger partial charge is 0.218 e. The van der Waals surface area contributed by atoms with E-state index in [4.69, 9.17) is 23.1 Å². The molecule has 0 fully saturated rings. The molecular formula is C9H11ClN2OS. The van der Waals surface area contributed by atoms with Gasteiger partial charge in [0.2, 0.25) is 5.91 Å². The third kappa shape index (κ3) is 3.47. The molecule has 5 heteroatoms. The molecule has 0 radical (unpaired) electrons. The second-order valence-electron chi connectivity index (χ2n) is 2.75. The van der Waals surface area contributed by atoms with E-state index in [2.05, 4.69) is 0 Å². The molecular weight excluding hydrogens is 220 g/mol. The Morgan fingerprint density at radius 1 is 1.50 bits per heavy atom. The van der Waals surface area contributed by atoms with Crippen molar-refractivity contribution in [1.29, 1.82) is 0 Å². The van der Waals surface area contributed by atoms with E-state index >= 15 is 0 Å². The largest absolute Gasteiger partial charge is 0.398 e. The lowest BCUT2D eigenvalue weighted by atomic mass is 10.3. The first-order chi connectivity index (χ1) is 6.59. The number of halogens is 1. The number of primary amides is 1. The predicted octanol–water partition coefficient (Wildman–Crippen LogP) is 1.89. The summed E-state index contributed by atoms with van der Waals surface area (Å²) < 4.78 is 0. The van der Waals surface area contributed by atoms with Crippen molar-refractivity contribution in [1.82, 2.24) is 0 Å². The van der Waals surface area contributed by atoms with Crippen LogP contribution < -0.4 is 11.5 Å². The minimum absolute atomic E-state index is 0.307. The number of nitrogens with two attached hydrogens (primary N) is 2. The zero-order valence-electron chi connectivity index (χ0n) is 7.50. The second-order valence-corrected chi connectivity index (χ2v) is 4.32. The van der Waals surface area contributed by atoms with E-state index in [-0.39, 0.29) is 5.91 Å². The van der Waals surface area contributed by atoms with Crippen molar-refractivity contribution < 1.29 is 4.79 Å². The molecule has 0 aliphatic heterocycles. The summed E-state index contributed by atoms with van der Waals surface area (Å²) in [7, 11) is 0. The van der Waals surface area contributed by atoms with E-state index in [1.165, 1.54) is 11.8 Å². The summed E-state index contributed by atoms with van der Waals surface area (Å²) in [6, 6.07) is 5.26. The summed E-state index contributed by atoms with van der Waals surface area (Å²) in [6.45, 7) is 0. The van der Waals surface area contributed by atoms with Gasteiger partial charge < -0.3 is 11.5 Å². The van der Waals surface area contributed by atoms with Crippen LogP contribution in [0.15, 0.2) is 23.1 Å². The molecule has 0 saturated carbocycles. The van der Waals surface area contributed by atoms with Crippen molar-refractivity contribution >= 4 is 35.0 Å². The fourth-order valence-corrected chi connectivity index (χ4v) is 2.10. The minimum Gasteiger partial charge on any atom is -0.398 e. The first-order valence-corrected chi connectivity index (χ1v) is 5.42. The molecule has 0 aliphatic carbocycles. The maximum Gasteiger partial charge on any atom is 0.218 e. The van der Waals surface area contributed by atoms with Crippen molar-refractivity contribution in [2.24, 2.45) is 5.73 Å². The van der Waals surface area contributed by atoms with E-state index in [1.807, 2.05) is 0 Å². The average Bonchev–Trinajstić information content (AvgIpc) is 2.10. The number of carbonyl (C=O) groups excluding carboxylic acids is 1. The average molecular weight is 231 g/mol. The summed E-state index contributed by atoms with van der Waals surface area (Å²) >= 11 is 7.28. The van der Waals surface area contributed by atoms with Crippen LogP contribution >= 0.6 is 23.4 Å². The molecule has 0 aliphatic rings. The zero-order valence-corrected chi connectivity index (χ0v) is 9.07. The number of hydrogen-bond acceptors (Lipinski definition) is 3. The highest BCUT2D eigenvalue weighted by Crippen LogP contribution is 2.28. The van der Waals surface area contributed by atoms with Crippen LogP contribution in [-0.4, -0.2) is 11.7 Å². The quantitative estimate of drug-likeness (QED) is 0.613. The van der Waals surface area contributed by atoms with Gasteiger partial charge >= 0.3 is 0 Å². The van der Waals surface area contributed by atoms with Crippen molar-refractivity contribution in [3.8, 4) is 0 Å². The molecule has 0 spiro atoms. The monoisotopic (exact) mass is 230 g/mol. The molecule has 1 aromatic carbocycles. The number of rotatable bonds is 4. The Hall–Kier alpha value is -0.870. The van der Waals surface area contributed by atoms with Gasteiger partial charge in [0.25, 0.3) is 0 Å². The van der Waals surface area contributed by atoms with Crippen molar-refractivity contribution in [2.45, 2.75) is 11.3 Å². The molecule has 0 saturated heterocycles. The predicted molar refractivity (Wildman–Crippen MR) is 60.4 cm³/mol. The van der Waals surface area contributed by atoms with Crippen LogP contribution in [0.3, 0.4) is 0 Å². The van der Waals surface area contributed by atoms with Gasteiger partial charge in [-0.2, -0.15) is 0 Å². The maximum atomic E-state index is 10.5. The second kappa shape index (κ2) is 5.12. The Kier molecular flexibility index (Phi) is 4.10. The van der Waals surface area contributed by atoms with Crippen LogP contribution in [-0.2, 0) is 4.79 Å². The molecule has 0 bridgehead atoms. The molecule has 0 aromatic heterocycles. The van der Waals surface area contributed by atoms with Gasteiger partial charge in [0.05, 0.1) is 0 Å². The Morgan fingerprint density at radius 3 is 2.86 bits per heavy atom. The van der Waals surface area contributed by atoms with Gasteiger partial charge in [-0.3, -0.25) is 4.79 Å². The third-order valence-corrected chi connectivity index (χ3v) is 2.89. The number of hydrogen-bond donors (Lipinski definition) is 2. The van der Waals surface area contributed by atoms with Crippen LogP contribution in [0.1, 0.15) is 6.42 Å². The van der Waals surface area contributed by atoms with Crippen LogP contribution in [0, 0.1) is 0 Å². The Labute approximate surface area is 91.8 Å². The Bertz CT molecular complexity index is 344. The molecule has 0 heterocycles. The van der Waals surface area contributed by atoms with E-state index in [9.17, 15) is 4.79 Å². The highest BCUT2D eigenvalue weighted by molar-refractivity contribution is 7.99. The van der Waals surface area contributed by atoms with E-state index in [0.29, 0.717) is 22.9 Å². The maximum absolute atomic E-state index is 10.5. The SMILES string of the molecule is NC(=O)CCSc1cc(Cl)ccc1N. The number of nitrogen functional groups attached to an aromatic ring is 1. The highest BCUT2D eigenvalue weighted by Gasteiger charge is 2.02. The normalized spacial score (nSPS) is 10.1. The van der Waals surface area contributed by atoms with Crippen LogP contribution in [0.4, 0.5) is 5.69 Å². The molecule has 4 N–H and O–H groups in total. The van der Waals surface area contributed by atoms with Crippen LogP contribution in [0.5, 0.6) is 0 Å². The molecule has 1 aromatic rings. The van der Waals surface area contributed by atoms with E-state index in [0.717, 1.165) is 4.90 Å². The Balaban J connectivity index is 2.57. The summed E-state index contributed by atoms with van der Waals surface area (Å²) in [5.74, 6) is 0.318. The molecule has 0 unspecified atom stereocenters. The summed E-state index contributed by atoms with van der Waals surface area (Å²) in [5.41, 5.74) is 11.4. The molecule has 1 rings (SSSR count). The van der Waals surface area contributed by atoms with Crippen LogP contribution in [0.25, 0.3) is 0 Å². The lowest BCUT2D eigenvalue weighted by Gasteiger charge is -2.04. The van der Waals surface area contributed by atoms with Crippen molar-refractivity contribution in [3.05, 3.63) is 23.2 Å². The van der Waals surface area contributed by atoms with Gasteiger partial charge in [0.15, 0.2) is 0 Å². The number of carbonyl (C=O) groups is 1. The molecule has 14 heavy (non-hydrogen) atoms. The first-order valence-electron chi connectivity index (χ1n) is 4.05. The number of amides is 1. The van der Waals surface area contributed by atoms with Gasteiger partial charge in [-0.05, 0) is 18.2 Å². The summed E-state index contributed by atoms with van der Waals surface area (Å²) in [5, 5.41) is 0.640. The highest BCUT2D eigenvalue weighted by atomic mass is 35.5. The fourth-order valence-electron chi connectivity index (χ4n) is 0.895. The number of benzene rings is 1. The standard InChI is InChI=1S/C9H11ClN2OS/c10-6-1-2-7(11)8(5-6)14-4-3-9(12)13/h1-2,5H,3-4,11H2,(H2,12,13). The third-order valence-electron chi connectivity index (χ3n) is 1.58. The van der Waals surface area contributed by atoms with Crippen molar-refractivity contribution in [3.63, 3.8) is 0 Å². The van der Waals surface area contributed by atoms with E-state index < -0.39 is 0 Å². The number of anilines is 1. The minimum atomic E-state index is -0.307. The lowest BCUT2D eigenvalue weighted by molar-refractivity contribution is -0.117. The Morgan fingerprint density at radius 2 is 2.21 bits per heavy atom. The van der Waals surface area contributed by atoms with Gasteiger partial charge in [0.1, 0.15) is 0 Å². The fraction of sp³-hybridized carbons (Fsp3) is 0.222. The van der Waals surface area contributed by atoms with Gasteiger partial charge in [0, 0.05) is 27.8 Å². The lowest BCUT2D eigenvalue weighted by Crippen LogP contribution is -2.10. The summed E-state index contributed by atoms with van der Waals surface area (Å²) in [4.78, 5) is 11.4. The topological polar surface area (TPSA) is 69.1 Å². The van der Waals surface area contributed by atoms with Crippen LogP contribution in [0.2, 0.25) is 5.02 Å². The van der Waals surface area contributed by atoms with Gasteiger partial charge in [-0.25, -0.2) is 0 Å². The van der Waals surface area contributed by atoms with E-state index in [1.54, 1.807) is 18.2 Å². The van der Waals surface area contributed by atoms with Gasteiger partial charge in [-0.1, -0.05) is 11.6 Å². The zero-order chi connectivity index (χ0) is 10.6. The first kappa shape index (κ1) is 11.2. The molecule has 76 valence electrons. The van der Waals surface area contributed by atoms with Gasteiger partial charge in [-0.15, -0.1) is 11.8 Å². The molecule has 3 nitrogen and oxygen atoms in total. The summed E-state index contributed by atoms with van der Waals surface area (Å²) in [6.07, 6.45) is 0.344. The molecule has 1 amide bonds.